The van der Waals surface area contributed by atoms with E-state index in [1.54, 1.807) is 0 Å². The molecule has 0 aromatic heterocycles. The van der Waals surface area contributed by atoms with Crippen LogP contribution >= 0.6 is 0 Å². The molecule has 3 nitrogen and oxygen atoms in total. The van der Waals surface area contributed by atoms with E-state index in [9.17, 15) is 4.79 Å². The van der Waals surface area contributed by atoms with E-state index in [0.717, 1.165) is 38.9 Å². The fourth-order valence-electron chi connectivity index (χ4n) is 2.25. The summed E-state index contributed by atoms with van der Waals surface area (Å²) in [6, 6.07) is 0.650. The Labute approximate surface area is 99.6 Å². The van der Waals surface area contributed by atoms with E-state index in [1.807, 2.05) is 4.90 Å². The first kappa shape index (κ1) is 13.5. The van der Waals surface area contributed by atoms with Gasteiger partial charge in [0.05, 0.1) is 0 Å². The van der Waals surface area contributed by atoms with Gasteiger partial charge in [-0.2, -0.15) is 0 Å². The van der Waals surface area contributed by atoms with Crippen molar-refractivity contribution < 1.29 is 4.79 Å². The third kappa shape index (κ3) is 4.52. The largest absolute Gasteiger partial charge is 0.343 e. The van der Waals surface area contributed by atoms with Gasteiger partial charge in [-0.05, 0) is 38.6 Å². The predicted octanol–water partition coefficient (Wildman–Crippen LogP) is 2.17. The third-order valence-corrected chi connectivity index (χ3v) is 3.44. The molecule has 1 aliphatic heterocycles. The minimum absolute atomic E-state index is 0.355. The van der Waals surface area contributed by atoms with Crippen molar-refractivity contribution in [1.29, 1.82) is 0 Å². The van der Waals surface area contributed by atoms with Gasteiger partial charge in [-0.15, -0.1) is 0 Å². The van der Waals surface area contributed by atoms with Gasteiger partial charge in [0.2, 0.25) is 5.91 Å². The molecule has 0 spiro atoms. The van der Waals surface area contributed by atoms with E-state index in [4.69, 9.17) is 0 Å². The van der Waals surface area contributed by atoms with Gasteiger partial charge in [-0.3, -0.25) is 4.79 Å². The number of hydrogen-bond acceptors (Lipinski definition) is 2. The quantitative estimate of drug-likeness (QED) is 0.675. The predicted molar refractivity (Wildman–Crippen MR) is 67.4 cm³/mol. The number of nitrogens with zero attached hydrogens (tertiary/aromatic N) is 1. The monoisotopic (exact) mass is 226 g/mol. The number of nitrogens with one attached hydrogen (secondary N) is 1. The maximum absolute atomic E-state index is 11.5. The van der Waals surface area contributed by atoms with Crippen LogP contribution in [0, 0.1) is 0 Å². The molecule has 0 atom stereocenters. The summed E-state index contributed by atoms with van der Waals surface area (Å²) < 4.78 is 0. The second-order valence-electron chi connectivity index (χ2n) is 4.66. The van der Waals surface area contributed by atoms with Crippen LogP contribution in [0.3, 0.4) is 0 Å². The van der Waals surface area contributed by atoms with Crippen molar-refractivity contribution in [2.24, 2.45) is 0 Å². The smallest absolute Gasteiger partial charge is 0.222 e. The van der Waals surface area contributed by atoms with Crippen LogP contribution in [0.1, 0.15) is 52.4 Å². The van der Waals surface area contributed by atoms with Crippen LogP contribution in [0.2, 0.25) is 0 Å². The van der Waals surface area contributed by atoms with Gasteiger partial charge >= 0.3 is 0 Å². The Kier molecular flexibility index (Phi) is 6.46. The average molecular weight is 226 g/mol. The Hall–Kier alpha value is -0.570. The van der Waals surface area contributed by atoms with Crippen molar-refractivity contribution in [2.75, 3.05) is 19.6 Å². The average Bonchev–Trinajstić information content (AvgIpc) is 2.31. The van der Waals surface area contributed by atoms with Crippen molar-refractivity contribution in [2.45, 2.75) is 58.4 Å². The van der Waals surface area contributed by atoms with Crippen LogP contribution in [0.4, 0.5) is 0 Å². The molecule has 0 aromatic rings. The minimum atomic E-state index is 0.355. The van der Waals surface area contributed by atoms with E-state index in [2.05, 4.69) is 19.2 Å². The Balaban J connectivity index is 2.08. The van der Waals surface area contributed by atoms with Gasteiger partial charge in [-0.1, -0.05) is 13.8 Å². The SMILES string of the molecule is CCC(CC)NCCCN1CCCCC1=O. The van der Waals surface area contributed by atoms with Crippen LogP contribution in [-0.4, -0.2) is 36.5 Å². The number of likely N-dealkylation sites (tertiary alicyclic amines) is 1. The van der Waals surface area contributed by atoms with Gasteiger partial charge in [0.15, 0.2) is 0 Å². The minimum Gasteiger partial charge on any atom is -0.343 e. The first-order chi connectivity index (χ1) is 7.77. The highest BCUT2D eigenvalue weighted by Crippen LogP contribution is 2.10. The number of rotatable bonds is 7. The normalized spacial score (nSPS) is 17.2. The maximum Gasteiger partial charge on any atom is 0.222 e. The number of piperidine rings is 1. The second-order valence-corrected chi connectivity index (χ2v) is 4.66. The molecule has 1 heterocycles. The van der Waals surface area contributed by atoms with Crippen LogP contribution in [0.5, 0.6) is 0 Å². The molecule has 1 fully saturated rings. The standard InChI is InChI=1S/C13H26N2O/c1-3-12(4-2)14-9-7-11-15-10-6-5-8-13(15)16/h12,14H,3-11H2,1-2H3. The summed E-state index contributed by atoms with van der Waals surface area (Å²) in [5, 5.41) is 3.54. The maximum atomic E-state index is 11.5. The molecule has 0 saturated carbocycles. The van der Waals surface area contributed by atoms with E-state index < -0.39 is 0 Å². The van der Waals surface area contributed by atoms with E-state index in [1.165, 1.54) is 19.3 Å². The van der Waals surface area contributed by atoms with Crippen molar-refractivity contribution in [1.82, 2.24) is 10.2 Å². The summed E-state index contributed by atoms with van der Waals surface area (Å²) in [5.74, 6) is 0.355. The van der Waals surface area contributed by atoms with Crippen LogP contribution in [0.15, 0.2) is 0 Å². The number of carbonyl (C=O) groups is 1. The summed E-state index contributed by atoms with van der Waals surface area (Å²) in [6.45, 7) is 7.39. The van der Waals surface area contributed by atoms with Gasteiger partial charge < -0.3 is 10.2 Å². The fraction of sp³-hybridized carbons (Fsp3) is 0.923. The Bertz CT molecular complexity index is 202. The summed E-state index contributed by atoms with van der Waals surface area (Å²) in [7, 11) is 0. The third-order valence-electron chi connectivity index (χ3n) is 3.44. The summed E-state index contributed by atoms with van der Waals surface area (Å²) in [4.78, 5) is 13.6. The molecule has 0 radical (unpaired) electrons. The zero-order valence-corrected chi connectivity index (χ0v) is 10.8. The molecule has 16 heavy (non-hydrogen) atoms. The molecule has 1 rings (SSSR count). The summed E-state index contributed by atoms with van der Waals surface area (Å²) >= 11 is 0. The summed E-state index contributed by atoms with van der Waals surface area (Å²) in [6.07, 6.45) is 6.51. The second kappa shape index (κ2) is 7.66. The number of amides is 1. The molecular formula is C13H26N2O. The van der Waals surface area contributed by atoms with Crippen LogP contribution in [0.25, 0.3) is 0 Å². The highest BCUT2D eigenvalue weighted by Gasteiger charge is 2.16. The van der Waals surface area contributed by atoms with Gasteiger partial charge in [0, 0.05) is 25.6 Å². The highest BCUT2D eigenvalue weighted by molar-refractivity contribution is 5.76. The lowest BCUT2D eigenvalue weighted by atomic mass is 10.1. The highest BCUT2D eigenvalue weighted by atomic mass is 16.2. The van der Waals surface area contributed by atoms with Crippen LogP contribution in [-0.2, 0) is 4.79 Å². The van der Waals surface area contributed by atoms with Crippen LogP contribution < -0.4 is 5.32 Å². The van der Waals surface area contributed by atoms with E-state index in [-0.39, 0.29) is 0 Å². The number of hydrogen-bond donors (Lipinski definition) is 1. The summed E-state index contributed by atoms with van der Waals surface area (Å²) in [5.41, 5.74) is 0. The molecule has 0 bridgehead atoms. The zero-order chi connectivity index (χ0) is 11.8. The molecule has 0 aromatic carbocycles. The molecule has 1 aliphatic rings. The first-order valence-electron chi connectivity index (χ1n) is 6.79. The van der Waals surface area contributed by atoms with Crippen molar-refractivity contribution >= 4 is 5.91 Å². The lowest BCUT2D eigenvalue weighted by Crippen LogP contribution is -2.38. The zero-order valence-electron chi connectivity index (χ0n) is 10.8. The lowest BCUT2D eigenvalue weighted by Gasteiger charge is -2.27. The van der Waals surface area contributed by atoms with E-state index in [0.29, 0.717) is 11.9 Å². The Morgan fingerprint density at radius 2 is 2.06 bits per heavy atom. The lowest BCUT2D eigenvalue weighted by molar-refractivity contribution is -0.133. The molecule has 3 heteroatoms. The molecule has 0 unspecified atom stereocenters. The van der Waals surface area contributed by atoms with Gasteiger partial charge in [0.25, 0.3) is 0 Å². The topological polar surface area (TPSA) is 32.3 Å². The van der Waals surface area contributed by atoms with Crippen molar-refractivity contribution in [3.05, 3.63) is 0 Å². The van der Waals surface area contributed by atoms with Gasteiger partial charge in [0.1, 0.15) is 0 Å². The molecular weight excluding hydrogens is 200 g/mol. The van der Waals surface area contributed by atoms with Crippen molar-refractivity contribution in [3.63, 3.8) is 0 Å². The molecule has 0 aliphatic carbocycles. The molecule has 1 amide bonds. The fourth-order valence-corrected chi connectivity index (χ4v) is 2.25. The number of carbonyl (C=O) groups excluding carboxylic acids is 1. The Morgan fingerprint density at radius 3 is 2.69 bits per heavy atom. The molecule has 1 saturated heterocycles. The van der Waals surface area contributed by atoms with E-state index >= 15 is 0 Å². The first-order valence-corrected chi connectivity index (χ1v) is 6.79. The molecule has 1 N–H and O–H groups in total. The molecule has 94 valence electrons. The van der Waals surface area contributed by atoms with Crippen molar-refractivity contribution in [3.8, 4) is 0 Å². The van der Waals surface area contributed by atoms with Gasteiger partial charge in [-0.25, -0.2) is 0 Å². The Morgan fingerprint density at radius 1 is 1.31 bits per heavy atom.